The summed E-state index contributed by atoms with van der Waals surface area (Å²) in [4.78, 5) is 4.09. The maximum Gasteiger partial charge on any atom is 0.139 e. The summed E-state index contributed by atoms with van der Waals surface area (Å²) < 4.78 is 5.10. The van der Waals surface area contributed by atoms with E-state index < -0.39 is 0 Å². The van der Waals surface area contributed by atoms with Gasteiger partial charge in [-0.1, -0.05) is 6.92 Å². The third kappa shape index (κ3) is 2.91. The van der Waals surface area contributed by atoms with Crippen molar-refractivity contribution in [3.05, 3.63) is 18.5 Å². The monoisotopic (exact) mass is 194 g/mol. The highest BCUT2D eigenvalue weighted by molar-refractivity contribution is 5.46. The van der Waals surface area contributed by atoms with Crippen molar-refractivity contribution >= 4 is 5.69 Å². The van der Waals surface area contributed by atoms with Crippen LogP contribution in [0.4, 0.5) is 5.69 Å². The molecule has 0 saturated heterocycles. The van der Waals surface area contributed by atoms with Crippen molar-refractivity contribution in [1.82, 2.24) is 4.98 Å². The molecule has 3 nitrogen and oxygen atoms in total. The van der Waals surface area contributed by atoms with Crippen LogP contribution in [0.25, 0.3) is 0 Å². The average Bonchev–Trinajstić information content (AvgIpc) is 2.17. The third-order valence-electron chi connectivity index (χ3n) is 2.32. The number of nitrogens with zero attached hydrogens (tertiary/aromatic N) is 1. The molecule has 14 heavy (non-hydrogen) atoms. The van der Waals surface area contributed by atoms with E-state index in [1.165, 1.54) is 0 Å². The Balaban J connectivity index is 2.76. The second kappa shape index (κ2) is 4.31. The van der Waals surface area contributed by atoms with E-state index in [-0.39, 0.29) is 5.54 Å². The molecule has 1 rings (SSSR count). The number of nitrogens with one attached hydrogen (secondary N) is 1. The van der Waals surface area contributed by atoms with Gasteiger partial charge in [0, 0.05) is 11.6 Å². The van der Waals surface area contributed by atoms with E-state index in [1.54, 1.807) is 19.5 Å². The van der Waals surface area contributed by atoms with Crippen molar-refractivity contribution < 1.29 is 4.74 Å². The first kappa shape index (κ1) is 10.8. The normalized spacial score (nSPS) is 11.1. The second-order valence-corrected chi connectivity index (χ2v) is 3.98. The molecular weight excluding hydrogens is 176 g/mol. The SMILES string of the molecule is CCC(C)(C)Nc1cncc(OC)c1. The van der Waals surface area contributed by atoms with Gasteiger partial charge in [0.1, 0.15) is 5.75 Å². The lowest BCUT2D eigenvalue weighted by Gasteiger charge is -2.25. The molecule has 1 aromatic heterocycles. The number of methoxy groups -OCH3 is 1. The first-order valence-electron chi connectivity index (χ1n) is 4.84. The lowest BCUT2D eigenvalue weighted by atomic mass is 10.0. The maximum absolute atomic E-state index is 5.10. The van der Waals surface area contributed by atoms with Crippen LogP contribution in [0.2, 0.25) is 0 Å². The lowest BCUT2D eigenvalue weighted by molar-refractivity contribution is 0.413. The molecular formula is C11H18N2O. The van der Waals surface area contributed by atoms with Crippen molar-refractivity contribution in [2.75, 3.05) is 12.4 Å². The summed E-state index contributed by atoms with van der Waals surface area (Å²) in [5.41, 5.74) is 1.09. The fourth-order valence-electron chi connectivity index (χ4n) is 1.08. The molecule has 0 bridgehead atoms. The largest absolute Gasteiger partial charge is 0.495 e. The molecule has 0 fully saturated rings. The molecule has 1 N–H and O–H groups in total. The average molecular weight is 194 g/mol. The summed E-state index contributed by atoms with van der Waals surface area (Å²) >= 11 is 0. The van der Waals surface area contributed by atoms with Crippen LogP contribution >= 0.6 is 0 Å². The number of anilines is 1. The van der Waals surface area contributed by atoms with Crippen molar-refractivity contribution in [1.29, 1.82) is 0 Å². The van der Waals surface area contributed by atoms with E-state index in [1.807, 2.05) is 6.07 Å². The van der Waals surface area contributed by atoms with Gasteiger partial charge in [0.05, 0.1) is 25.2 Å². The van der Waals surface area contributed by atoms with Crippen LogP contribution in [0.3, 0.4) is 0 Å². The van der Waals surface area contributed by atoms with Crippen LogP contribution in [0, 0.1) is 0 Å². The van der Waals surface area contributed by atoms with Gasteiger partial charge in [-0.05, 0) is 20.3 Å². The first-order chi connectivity index (χ1) is 6.57. The molecule has 1 heterocycles. The Morgan fingerprint density at radius 2 is 2.14 bits per heavy atom. The molecule has 0 spiro atoms. The smallest absolute Gasteiger partial charge is 0.139 e. The predicted molar refractivity (Wildman–Crippen MR) is 58.8 cm³/mol. The molecule has 0 amide bonds. The summed E-state index contributed by atoms with van der Waals surface area (Å²) in [5.74, 6) is 0.780. The number of hydrogen-bond acceptors (Lipinski definition) is 3. The Hall–Kier alpha value is -1.25. The molecule has 78 valence electrons. The minimum Gasteiger partial charge on any atom is -0.495 e. The van der Waals surface area contributed by atoms with E-state index in [9.17, 15) is 0 Å². The summed E-state index contributed by atoms with van der Waals surface area (Å²) in [6.07, 6.45) is 4.56. The highest BCUT2D eigenvalue weighted by Gasteiger charge is 2.14. The summed E-state index contributed by atoms with van der Waals surface area (Å²) in [6, 6.07) is 1.95. The molecule has 3 heteroatoms. The number of hydrogen-bond donors (Lipinski definition) is 1. The van der Waals surface area contributed by atoms with Gasteiger partial charge in [-0.3, -0.25) is 4.98 Å². The Kier molecular flexibility index (Phi) is 3.33. The molecule has 0 atom stereocenters. The minimum absolute atomic E-state index is 0.0913. The van der Waals surface area contributed by atoms with Gasteiger partial charge < -0.3 is 10.1 Å². The zero-order chi connectivity index (χ0) is 10.6. The third-order valence-corrected chi connectivity index (χ3v) is 2.32. The van der Waals surface area contributed by atoms with Crippen LogP contribution in [0.15, 0.2) is 18.5 Å². The van der Waals surface area contributed by atoms with Gasteiger partial charge in [0.25, 0.3) is 0 Å². The number of ether oxygens (including phenoxy) is 1. The number of aromatic nitrogens is 1. The van der Waals surface area contributed by atoms with Crippen LogP contribution < -0.4 is 10.1 Å². The molecule has 0 radical (unpaired) electrons. The topological polar surface area (TPSA) is 34.2 Å². The van der Waals surface area contributed by atoms with Crippen LogP contribution in [0.1, 0.15) is 27.2 Å². The van der Waals surface area contributed by atoms with Crippen LogP contribution in [0.5, 0.6) is 5.75 Å². The Bertz CT molecular complexity index is 297. The number of rotatable bonds is 4. The zero-order valence-electron chi connectivity index (χ0n) is 9.29. The standard InChI is InChI=1S/C11H18N2O/c1-5-11(2,3)13-9-6-10(14-4)8-12-7-9/h6-8,13H,5H2,1-4H3. The van der Waals surface area contributed by atoms with Crippen molar-refractivity contribution in [2.24, 2.45) is 0 Å². The fraction of sp³-hybridized carbons (Fsp3) is 0.545. The molecule has 0 aliphatic carbocycles. The minimum atomic E-state index is 0.0913. The van der Waals surface area contributed by atoms with E-state index >= 15 is 0 Å². The molecule has 0 unspecified atom stereocenters. The van der Waals surface area contributed by atoms with Gasteiger partial charge in [0.15, 0.2) is 0 Å². The highest BCUT2D eigenvalue weighted by atomic mass is 16.5. The van der Waals surface area contributed by atoms with Gasteiger partial charge >= 0.3 is 0 Å². The van der Waals surface area contributed by atoms with Gasteiger partial charge in [-0.25, -0.2) is 0 Å². The first-order valence-corrected chi connectivity index (χ1v) is 4.84. The summed E-state index contributed by atoms with van der Waals surface area (Å²) in [5, 5.41) is 3.40. The van der Waals surface area contributed by atoms with E-state index in [0.29, 0.717) is 0 Å². The molecule has 0 saturated carbocycles. The van der Waals surface area contributed by atoms with E-state index in [0.717, 1.165) is 17.9 Å². The van der Waals surface area contributed by atoms with E-state index in [2.05, 4.69) is 31.1 Å². The molecule has 0 aliphatic rings. The highest BCUT2D eigenvalue weighted by Crippen LogP contribution is 2.20. The van der Waals surface area contributed by atoms with Gasteiger partial charge in [-0.2, -0.15) is 0 Å². The van der Waals surface area contributed by atoms with Crippen LogP contribution in [-0.4, -0.2) is 17.6 Å². The zero-order valence-corrected chi connectivity index (χ0v) is 9.29. The Labute approximate surface area is 85.5 Å². The molecule has 1 aromatic rings. The number of pyridine rings is 1. The Morgan fingerprint density at radius 1 is 1.43 bits per heavy atom. The van der Waals surface area contributed by atoms with Crippen molar-refractivity contribution in [3.63, 3.8) is 0 Å². The Morgan fingerprint density at radius 3 is 2.71 bits per heavy atom. The molecule has 0 aromatic carbocycles. The van der Waals surface area contributed by atoms with Gasteiger partial charge in [0.2, 0.25) is 0 Å². The maximum atomic E-state index is 5.10. The van der Waals surface area contributed by atoms with Crippen molar-refractivity contribution in [3.8, 4) is 5.75 Å². The van der Waals surface area contributed by atoms with Crippen molar-refractivity contribution in [2.45, 2.75) is 32.7 Å². The predicted octanol–water partition coefficient (Wildman–Crippen LogP) is 2.69. The van der Waals surface area contributed by atoms with Gasteiger partial charge in [-0.15, -0.1) is 0 Å². The summed E-state index contributed by atoms with van der Waals surface area (Å²) in [7, 11) is 1.64. The fourth-order valence-corrected chi connectivity index (χ4v) is 1.08. The lowest BCUT2D eigenvalue weighted by Crippen LogP contribution is -2.29. The summed E-state index contributed by atoms with van der Waals surface area (Å²) in [6.45, 7) is 6.47. The van der Waals surface area contributed by atoms with E-state index in [4.69, 9.17) is 4.74 Å². The molecule has 0 aliphatic heterocycles. The quantitative estimate of drug-likeness (QED) is 0.800. The van der Waals surface area contributed by atoms with Crippen LogP contribution in [-0.2, 0) is 0 Å². The second-order valence-electron chi connectivity index (χ2n) is 3.98.